The smallest absolute Gasteiger partial charge is 0.346 e. The van der Waals surface area contributed by atoms with E-state index in [4.69, 9.17) is 9.47 Å². The molecule has 3 aliphatic carbocycles. The first-order valence-electron chi connectivity index (χ1n) is 10.9. The number of carbonyl (C=O) groups is 2. The number of esters is 1. The number of aromatic nitrogens is 1. The Morgan fingerprint density at radius 2 is 1.91 bits per heavy atom. The summed E-state index contributed by atoms with van der Waals surface area (Å²) >= 11 is 0. The number of nitrogens with one attached hydrogen (secondary N) is 1. The minimum atomic E-state index is -0.465. The minimum Gasteiger partial charge on any atom is -0.496 e. The van der Waals surface area contributed by atoms with Gasteiger partial charge in [0, 0.05) is 37.4 Å². The van der Waals surface area contributed by atoms with Crippen LogP contribution in [-0.4, -0.2) is 71.5 Å². The molecule has 0 unspecified atom stereocenters. The van der Waals surface area contributed by atoms with Crippen LogP contribution >= 0.6 is 0 Å². The van der Waals surface area contributed by atoms with Crippen molar-refractivity contribution in [1.82, 2.24) is 14.8 Å². The molecule has 3 saturated carbocycles. The third-order valence-corrected chi connectivity index (χ3v) is 7.06. The van der Waals surface area contributed by atoms with Gasteiger partial charge in [-0.3, -0.25) is 9.69 Å². The second-order valence-electron chi connectivity index (χ2n) is 9.20. The van der Waals surface area contributed by atoms with Gasteiger partial charge in [0.15, 0.2) is 0 Å². The van der Waals surface area contributed by atoms with E-state index in [0.717, 1.165) is 37.9 Å². The monoisotopic (exact) mass is 436 g/mol. The highest BCUT2D eigenvalue weighted by Gasteiger charge is 2.70. The van der Waals surface area contributed by atoms with Gasteiger partial charge in [-0.05, 0) is 30.9 Å². The summed E-state index contributed by atoms with van der Waals surface area (Å²) in [4.78, 5) is 33.7. The maximum atomic E-state index is 13.0. The van der Waals surface area contributed by atoms with Crippen LogP contribution in [0, 0.1) is 0 Å². The molecular formula is C24H28N4O4. The molecular weight excluding hydrogens is 408 g/mol. The highest BCUT2D eigenvalue weighted by Crippen LogP contribution is 2.65. The molecule has 0 atom stereocenters. The number of anilines is 1. The molecule has 1 amide bonds. The summed E-state index contributed by atoms with van der Waals surface area (Å²) in [5, 5.41) is 3.51. The largest absolute Gasteiger partial charge is 0.496 e. The minimum absolute atomic E-state index is 0.0940. The standard InChI is InChI=1S/C24H28N4O4/c1-27-10-11-28(12-19(27)29)24-14-23(15-24,16-24)26-21-20(18(31-2)8-9-25-21)22(30)32-13-17-6-4-3-5-7-17/h3-9H,10-16H2,1-2H3,(H,25,26). The number of likely N-dealkylation sites (N-methyl/N-ethyl adjacent to an activating group) is 1. The molecule has 1 saturated heterocycles. The van der Waals surface area contributed by atoms with E-state index in [9.17, 15) is 9.59 Å². The summed E-state index contributed by atoms with van der Waals surface area (Å²) < 4.78 is 11.0. The van der Waals surface area contributed by atoms with Gasteiger partial charge in [0.05, 0.1) is 13.7 Å². The van der Waals surface area contributed by atoms with E-state index in [-0.39, 0.29) is 23.6 Å². The molecule has 4 fully saturated rings. The van der Waals surface area contributed by atoms with Gasteiger partial charge in [-0.1, -0.05) is 30.3 Å². The summed E-state index contributed by atoms with van der Waals surface area (Å²) in [5.74, 6) is 0.643. The first kappa shape index (κ1) is 20.8. The number of hydrogen-bond donors (Lipinski definition) is 1. The van der Waals surface area contributed by atoms with Gasteiger partial charge in [-0.15, -0.1) is 0 Å². The van der Waals surface area contributed by atoms with Crippen LogP contribution in [0.3, 0.4) is 0 Å². The van der Waals surface area contributed by atoms with Crippen LogP contribution in [-0.2, 0) is 16.1 Å². The quantitative estimate of drug-likeness (QED) is 0.667. The summed E-state index contributed by atoms with van der Waals surface area (Å²) in [7, 11) is 3.39. The molecule has 0 spiro atoms. The molecule has 6 rings (SSSR count). The zero-order valence-corrected chi connectivity index (χ0v) is 18.5. The van der Waals surface area contributed by atoms with E-state index in [2.05, 4.69) is 15.2 Å². The summed E-state index contributed by atoms with van der Waals surface area (Å²) in [6.45, 7) is 2.35. The van der Waals surface area contributed by atoms with Crippen molar-refractivity contribution in [1.29, 1.82) is 0 Å². The number of piperazine rings is 1. The Labute approximate surface area is 187 Å². The van der Waals surface area contributed by atoms with Crippen LogP contribution in [0.2, 0.25) is 0 Å². The van der Waals surface area contributed by atoms with Crippen LogP contribution in [0.1, 0.15) is 35.2 Å². The normalized spacial score (nSPS) is 26.7. The second-order valence-corrected chi connectivity index (χ2v) is 9.20. The Bertz CT molecular complexity index is 1020. The number of ether oxygens (including phenoxy) is 2. The maximum absolute atomic E-state index is 13.0. The summed E-state index contributed by atoms with van der Waals surface area (Å²) in [6.07, 6.45) is 4.45. The topological polar surface area (TPSA) is 84.0 Å². The van der Waals surface area contributed by atoms with Gasteiger partial charge in [-0.25, -0.2) is 9.78 Å². The Morgan fingerprint density at radius 1 is 1.16 bits per heavy atom. The average molecular weight is 437 g/mol. The van der Waals surface area contributed by atoms with Crippen molar-refractivity contribution in [3.63, 3.8) is 0 Å². The molecule has 8 nitrogen and oxygen atoms in total. The fourth-order valence-corrected chi connectivity index (χ4v) is 5.32. The van der Waals surface area contributed by atoms with E-state index >= 15 is 0 Å². The number of nitrogens with zero attached hydrogens (tertiary/aromatic N) is 3. The van der Waals surface area contributed by atoms with Crippen molar-refractivity contribution in [3.8, 4) is 5.75 Å². The van der Waals surface area contributed by atoms with E-state index < -0.39 is 5.97 Å². The lowest BCUT2D eigenvalue weighted by atomic mass is 9.43. The zero-order valence-electron chi connectivity index (χ0n) is 18.5. The fraction of sp³-hybridized carbons (Fsp3) is 0.458. The van der Waals surface area contributed by atoms with E-state index in [1.54, 1.807) is 17.2 Å². The van der Waals surface area contributed by atoms with Crippen LogP contribution in [0.25, 0.3) is 0 Å². The Balaban J connectivity index is 1.27. The van der Waals surface area contributed by atoms with E-state index in [1.807, 2.05) is 37.4 Å². The molecule has 168 valence electrons. The lowest BCUT2D eigenvalue weighted by Gasteiger charge is -2.74. The maximum Gasteiger partial charge on any atom is 0.346 e. The molecule has 1 aromatic carbocycles. The summed E-state index contributed by atoms with van der Waals surface area (Å²) in [6, 6.07) is 11.2. The molecule has 2 bridgehead atoms. The van der Waals surface area contributed by atoms with Crippen molar-refractivity contribution >= 4 is 17.7 Å². The molecule has 4 aliphatic rings. The number of pyridine rings is 1. The third kappa shape index (κ3) is 3.48. The van der Waals surface area contributed by atoms with Crippen molar-refractivity contribution in [2.75, 3.05) is 39.1 Å². The number of hydrogen-bond acceptors (Lipinski definition) is 7. The van der Waals surface area contributed by atoms with Gasteiger partial charge in [0.2, 0.25) is 5.91 Å². The van der Waals surface area contributed by atoms with Crippen LogP contribution in [0.15, 0.2) is 42.6 Å². The van der Waals surface area contributed by atoms with Crippen molar-refractivity contribution in [3.05, 3.63) is 53.7 Å². The second kappa shape index (κ2) is 7.78. The van der Waals surface area contributed by atoms with Crippen molar-refractivity contribution in [2.45, 2.75) is 36.9 Å². The fourth-order valence-electron chi connectivity index (χ4n) is 5.32. The summed E-state index contributed by atoms with van der Waals surface area (Å²) in [5.41, 5.74) is 1.23. The van der Waals surface area contributed by atoms with Gasteiger partial charge < -0.3 is 19.7 Å². The number of benzene rings is 1. The first-order valence-corrected chi connectivity index (χ1v) is 10.9. The van der Waals surface area contributed by atoms with Gasteiger partial charge in [-0.2, -0.15) is 0 Å². The molecule has 1 aromatic heterocycles. The van der Waals surface area contributed by atoms with Crippen LogP contribution < -0.4 is 10.1 Å². The SMILES string of the molecule is COc1ccnc(NC23CC(N4CCN(C)C(=O)C4)(C2)C3)c1C(=O)OCc1ccccc1. The van der Waals surface area contributed by atoms with Crippen molar-refractivity contribution < 1.29 is 19.1 Å². The molecule has 1 aliphatic heterocycles. The Morgan fingerprint density at radius 3 is 2.59 bits per heavy atom. The first-order chi connectivity index (χ1) is 15.4. The van der Waals surface area contributed by atoms with Gasteiger partial charge in [0.1, 0.15) is 23.7 Å². The predicted octanol–water partition coefficient (Wildman–Crippen LogP) is 2.31. The van der Waals surface area contributed by atoms with Crippen molar-refractivity contribution in [2.24, 2.45) is 0 Å². The van der Waals surface area contributed by atoms with Gasteiger partial charge >= 0.3 is 5.97 Å². The number of carbonyl (C=O) groups excluding carboxylic acids is 2. The number of amides is 1. The number of methoxy groups -OCH3 is 1. The van der Waals surface area contributed by atoms with Crippen LogP contribution in [0.4, 0.5) is 5.82 Å². The van der Waals surface area contributed by atoms with Crippen LogP contribution in [0.5, 0.6) is 5.75 Å². The molecule has 32 heavy (non-hydrogen) atoms. The lowest BCUT2D eigenvalue weighted by molar-refractivity contribution is -0.172. The lowest BCUT2D eigenvalue weighted by Crippen LogP contribution is -2.82. The third-order valence-electron chi connectivity index (χ3n) is 7.06. The Hall–Kier alpha value is -3.13. The van der Waals surface area contributed by atoms with E-state index in [1.165, 1.54) is 7.11 Å². The molecule has 2 aromatic rings. The predicted molar refractivity (Wildman–Crippen MR) is 118 cm³/mol. The molecule has 1 N–H and O–H groups in total. The highest BCUT2D eigenvalue weighted by molar-refractivity contribution is 5.98. The highest BCUT2D eigenvalue weighted by atomic mass is 16.5. The Kier molecular flexibility index (Phi) is 5.04. The number of rotatable bonds is 7. The van der Waals surface area contributed by atoms with Gasteiger partial charge in [0.25, 0.3) is 0 Å². The van der Waals surface area contributed by atoms with E-state index in [0.29, 0.717) is 23.7 Å². The molecule has 0 radical (unpaired) electrons. The molecule has 2 heterocycles. The zero-order chi connectivity index (χ0) is 22.3. The average Bonchev–Trinajstić information content (AvgIpc) is 2.76. The molecule has 8 heteroatoms.